The van der Waals surface area contributed by atoms with Gasteiger partial charge in [0.05, 0.1) is 15.6 Å². The summed E-state index contributed by atoms with van der Waals surface area (Å²) in [4.78, 5) is 0. The van der Waals surface area contributed by atoms with Crippen LogP contribution in [-0.2, 0) is 0 Å². The van der Waals surface area contributed by atoms with Crippen LogP contribution in [0.1, 0.15) is 19.3 Å². The lowest BCUT2D eigenvalue weighted by Gasteiger charge is -2.25. The molecule has 1 aromatic rings. The summed E-state index contributed by atoms with van der Waals surface area (Å²) >= 11 is 6.91. The third-order valence-corrected chi connectivity index (χ3v) is 3.89. The Kier molecular flexibility index (Phi) is 3.57. The topological polar surface area (TPSA) is 35.2 Å². The van der Waals surface area contributed by atoms with Crippen LogP contribution in [0.5, 0.6) is 5.75 Å². The van der Waals surface area contributed by atoms with Crippen LogP contribution >= 0.6 is 31.9 Å². The van der Waals surface area contributed by atoms with Crippen molar-refractivity contribution in [2.24, 2.45) is 5.92 Å². The van der Waals surface area contributed by atoms with Crippen LogP contribution in [-0.4, -0.2) is 6.61 Å². The Bertz CT molecular complexity index is 341. The van der Waals surface area contributed by atoms with E-state index < -0.39 is 0 Å². The molecule has 1 fully saturated rings. The zero-order valence-electron chi connectivity index (χ0n) is 8.30. The van der Waals surface area contributed by atoms with E-state index in [1.54, 1.807) is 0 Å². The van der Waals surface area contributed by atoms with E-state index >= 15 is 0 Å². The van der Waals surface area contributed by atoms with Gasteiger partial charge < -0.3 is 10.5 Å². The number of ether oxygens (including phenoxy) is 1. The van der Waals surface area contributed by atoms with Gasteiger partial charge in [0.25, 0.3) is 0 Å². The molecule has 1 aliphatic carbocycles. The van der Waals surface area contributed by atoms with Gasteiger partial charge in [-0.25, -0.2) is 0 Å². The number of rotatable bonds is 3. The molecule has 1 aliphatic rings. The summed E-state index contributed by atoms with van der Waals surface area (Å²) in [5, 5.41) is 0. The van der Waals surface area contributed by atoms with Gasteiger partial charge in [0.15, 0.2) is 0 Å². The fraction of sp³-hybridized carbons (Fsp3) is 0.455. The van der Waals surface area contributed by atoms with Gasteiger partial charge in [0.1, 0.15) is 5.75 Å². The molecule has 15 heavy (non-hydrogen) atoms. The molecular weight excluding hydrogens is 322 g/mol. The molecule has 2 nitrogen and oxygen atoms in total. The van der Waals surface area contributed by atoms with E-state index in [9.17, 15) is 0 Å². The molecule has 0 bridgehead atoms. The molecule has 0 heterocycles. The molecule has 0 spiro atoms. The SMILES string of the molecule is Nc1cc(Br)c(OCC2CCC2)c(Br)c1. The molecule has 82 valence electrons. The van der Waals surface area contributed by atoms with Crippen molar-refractivity contribution in [1.29, 1.82) is 0 Å². The maximum atomic E-state index is 5.78. The Morgan fingerprint density at radius 1 is 1.27 bits per heavy atom. The maximum absolute atomic E-state index is 5.78. The van der Waals surface area contributed by atoms with Crippen LogP contribution in [0.4, 0.5) is 5.69 Å². The highest BCUT2D eigenvalue weighted by Gasteiger charge is 2.19. The third kappa shape index (κ3) is 2.67. The van der Waals surface area contributed by atoms with Gasteiger partial charge >= 0.3 is 0 Å². The Labute approximate surface area is 106 Å². The summed E-state index contributed by atoms with van der Waals surface area (Å²) < 4.78 is 7.60. The molecule has 1 saturated carbocycles. The average molecular weight is 335 g/mol. The van der Waals surface area contributed by atoms with Crippen molar-refractivity contribution in [2.45, 2.75) is 19.3 Å². The summed E-state index contributed by atoms with van der Waals surface area (Å²) in [6.45, 7) is 0.807. The van der Waals surface area contributed by atoms with E-state index in [2.05, 4.69) is 31.9 Å². The minimum atomic E-state index is 0.727. The van der Waals surface area contributed by atoms with Gasteiger partial charge in [-0.2, -0.15) is 0 Å². The quantitative estimate of drug-likeness (QED) is 0.849. The number of benzene rings is 1. The first-order chi connectivity index (χ1) is 7.16. The van der Waals surface area contributed by atoms with Crippen molar-refractivity contribution in [3.63, 3.8) is 0 Å². The summed E-state index contributed by atoms with van der Waals surface area (Å²) in [5.74, 6) is 1.59. The lowest BCUT2D eigenvalue weighted by atomic mass is 9.86. The van der Waals surface area contributed by atoms with Gasteiger partial charge in [-0.1, -0.05) is 6.42 Å². The Morgan fingerprint density at radius 2 is 1.87 bits per heavy atom. The molecule has 2 N–H and O–H groups in total. The Morgan fingerprint density at radius 3 is 2.33 bits per heavy atom. The standard InChI is InChI=1S/C11H13Br2NO/c12-9-4-8(14)5-10(13)11(9)15-6-7-2-1-3-7/h4-5,7H,1-3,6,14H2. The average Bonchev–Trinajstić information content (AvgIpc) is 2.06. The van der Waals surface area contributed by atoms with Crippen LogP contribution < -0.4 is 10.5 Å². The number of hydrogen-bond acceptors (Lipinski definition) is 2. The van der Waals surface area contributed by atoms with Crippen LogP contribution in [0.2, 0.25) is 0 Å². The highest BCUT2D eigenvalue weighted by Crippen LogP contribution is 2.37. The number of halogens is 2. The van der Waals surface area contributed by atoms with Crippen molar-refractivity contribution < 1.29 is 4.74 Å². The van der Waals surface area contributed by atoms with E-state index in [1.165, 1.54) is 19.3 Å². The predicted octanol–water partition coefficient (Wildman–Crippen LogP) is 3.97. The van der Waals surface area contributed by atoms with E-state index in [-0.39, 0.29) is 0 Å². The first-order valence-electron chi connectivity index (χ1n) is 5.04. The minimum absolute atomic E-state index is 0.727. The maximum Gasteiger partial charge on any atom is 0.147 e. The van der Waals surface area contributed by atoms with Crippen LogP contribution in [0.25, 0.3) is 0 Å². The molecule has 0 radical (unpaired) electrons. The van der Waals surface area contributed by atoms with Crippen LogP contribution in [0.15, 0.2) is 21.1 Å². The summed E-state index contributed by atoms with van der Waals surface area (Å²) in [6, 6.07) is 3.72. The molecule has 2 rings (SSSR count). The fourth-order valence-corrected chi connectivity index (χ4v) is 3.03. The molecular formula is C11H13Br2NO. The largest absolute Gasteiger partial charge is 0.491 e. The smallest absolute Gasteiger partial charge is 0.147 e. The van der Waals surface area contributed by atoms with Gasteiger partial charge in [-0.05, 0) is 62.8 Å². The van der Waals surface area contributed by atoms with E-state index in [1.807, 2.05) is 12.1 Å². The van der Waals surface area contributed by atoms with Crippen molar-refractivity contribution in [3.8, 4) is 5.75 Å². The molecule has 0 atom stereocenters. The lowest BCUT2D eigenvalue weighted by Crippen LogP contribution is -2.19. The Balaban J connectivity index is 2.05. The number of hydrogen-bond donors (Lipinski definition) is 1. The molecule has 4 heteroatoms. The third-order valence-electron chi connectivity index (χ3n) is 2.71. The summed E-state index contributed by atoms with van der Waals surface area (Å²) in [7, 11) is 0. The normalized spacial score (nSPS) is 16.1. The van der Waals surface area contributed by atoms with Crippen LogP contribution in [0, 0.1) is 5.92 Å². The zero-order chi connectivity index (χ0) is 10.8. The summed E-state index contributed by atoms with van der Waals surface area (Å²) in [6.07, 6.45) is 3.94. The van der Waals surface area contributed by atoms with Crippen LogP contribution in [0.3, 0.4) is 0 Å². The monoisotopic (exact) mass is 333 g/mol. The van der Waals surface area contributed by atoms with Gasteiger partial charge in [-0.3, -0.25) is 0 Å². The second-order valence-electron chi connectivity index (χ2n) is 3.92. The van der Waals surface area contributed by atoms with E-state index in [4.69, 9.17) is 10.5 Å². The second-order valence-corrected chi connectivity index (χ2v) is 5.63. The van der Waals surface area contributed by atoms with Crippen molar-refractivity contribution in [2.75, 3.05) is 12.3 Å². The summed E-state index contributed by atoms with van der Waals surface area (Å²) in [5.41, 5.74) is 6.43. The molecule has 0 aliphatic heterocycles. The number of nitrogens with two attached hydrogens (primary N) is 1. The fourth-order valence-electron chi connectivity index (χ4n) is 1.58. The lowest BCUT2D eigenvalue weighted by molar-refractivity contribution is 0.179. The zero-order valence-corrected chi connectivity index (χ0v) is 11.5. The van der Waals surface area contributed by atoms with Gasteiger partial charge in [-0.15, -0.1) is 0 Å². The van der Waals surface area contributed by atoms with Gasteiger partial charge in [0.2, 0.25) is 0 Å². The van der Waals surface area contributed by atoms with Crippen molar-refractivity contribution in [1.82, 2.24) is 0 Å². The first-order valence-corrected chi connectivity index (χ1v) is 6.62. The molecule has 0 saturated heterocycles. The predicted molar refractivity (Wildman–Crippen MR) is 69.1 cm³/mol. The number of nitrogen functional groups attached to an aromatic ring is 1. The van der Waals surface area contributed by atoms with E-state index in [0.29, 0.717) is 0 Å². The molecule has 0 unspecified atom stereocenters. The Hall–Kier alpha value is -0.220. The minimum Gasteiger partial charge on any atom is -0.491 e. The molecule has 0 aromatic heterocycles. The highest BCUT2D eigenvalue weighted by atomic mass is 79.9. The van der Waals surface area contributed by atoms with Gasteiger partial charge in [0, 0.05) is 5.69 Å². The number of anilines is 1. The van der Waals surface area contributed by atoms with Crippen molar-refractivity contribution in [3.05, 3.63) is 21.1 Å². The van der Waals surface area contributed by atoms with E-state index in [0.717, 1.165) is 32.9 Å². The first kappa shape index (κ1) is 11.3. The highest BCUT2D eigenvalue weighted by molar-refractivity contribution is 9.11. The molecule has 1 aromatic carbocycles. The van der Waals surface area contributed by atoms with Crippen molar-refractivity contribution >= 4 is 37.5 Å². The molecule has 0 amide bonds. The second kappa shape index (κ2) is 4.74.